The van der Waals surface area contributed by atoms with E-state index in [1.54, 1.807) is 0 Å². The third-order valence-corrected chi connectivity index (χ3v) is 1.33. The van der Waals surface area contributed by atoms with Crippen molar-refractivity contribution in [2.75, 3.05) is 6.61 Å². The van der Waals surface area contributed by atoms with Crippen LogP contribution in [0.5, 0.6) is 0 Å². The van der Waals surface area contributed by atoms with Gasteiger partial charge in [-0.15, -0.1) is 5.92 Å². The number of hydrogen-bond donors (Lipinski definition) is 0. The molecule has 0 amide bonds. The van der Waals surface area contributed by atoms with Gasteiger partial charge in [0.15, 0.2) is 0 Å². The predicted octanol–water partition coefficient (Wildman–Crippen LogP) is 2.73. The monoisotopic (exact) mass is 176 g/mol. The smallest absolute Gasteiger partial charge is 0.115 e. The van der Waals surface area contributed by atoms with E-state index < -0.39 is 0 Å². The first kappa shape index (κ1) is 11.7. The van der Waals surface area contributed by atoms with E-state index >= 15 is 0 Å². The van der Waals surface area contributed by atoms with Crippen LogP contribution in [0.25, 0.3) is 0 Å². The molecule has 0 saturated carbocycles. The lowest BCUT2D eigenvalue weighted by atomic mass is 10.1. The Kier molecular flexibility index (Phi) is 7.85. The normalized spacial score (nSPS) is 9.31. The van der Waals surface area contributed by atoms with Gasteiger partial charge in [0.25, 0.3) is 0 Å². The SMILES string of the molecule is CC#C/C(=C\C#COCC)CCC. The Balaban J connectivity index is 4.18. The van der Waals surface area contributed by atoms with Crippen molar-refractivity contribution in [1.82, 2.24) is 0 Å². The predicted molar refractivity (Wildman–Crippen MR) is 55.8 cm³/mol. The maximum absolute atomic E-state index is 4.89. The summed E-state index contributed by atoms with van der Waals surface area (Å²) in [5.41, 5.74) is 1.08. The van der Waals surface area contributed by atoms with Crippen LogP contribution in [0.2, 0.25) is 0 Å². The van der Waals surface area contributed by atoms with Gasteiger partial charge in [0.05, 0.1) is 6.61 Å². The maximum atomic E-state index is 4.89. The second kappa shape index (κ2) is 8.75. The molecule has 0 saturated heterocycles. The summed E-state index contributed by atoms with van der Waals surface area (Å²) in [7, 11) is 0. The zero-order valence-corrected chi connectivity index (χ0v) is 8.61. The van der Waals surface area contributed by atoms with Crippen LogP contribution in [0, 0.1) is 23.9 Å². The minimum Gasteiger partial charge on any atom is -0.447 e. The molecule has 1 heteroatoms. The lowest BCUT2D eigenvalue weighted by molar-refractivity contribution is 0.299. The molecule has 0 fully saturated rings. The summed E-state index contributed by atoms with van der Waals surface area (Å²) in [5, 5.41) is 0. The standard InChI is InChI=1S/C12H16O/c1-4-8-12(9-5-2)10-7-11-13-6-3/h10H,4,6,8H2,1-3H3/b12-10-. The van der Waals surface area contributed by atoms with Gasteiger partial charge in [-0.1, -0.05) is 19.3 Å². The van der Waals surface area contributed by atoms with Crippen LogP contribution in [0.4, 0.5) is 0 Å². The molecule has 0 unspecified atom stereocenters. The minimum atomic E-state index is 0.628. The Hall–Kier alpha value is -1.34. The molecule has 0 radical (unpaired) electrons. The summed E-state index contributed by atoms with van der Waals surface area (Å²) in [6.07, 6.45) is 6.50. The number of rotatable bonds is 3. The first-order valence-corrected chi connectivity index (χ1v) is 4.59. The molecule has 0 aliphatic heterocycles. The number of allylic oxidation sites excluding steroid dienone is 2. The summed E-state index contributed by atoms with van der Waals surface area (Å²) in [4.78, 5) is 0. The highest BCUT2D eigenvalue weighted by molar-refractivity contribution is 5.33. The molecule has 0 aromatic heterocycles. The van der Waals surface area contributed by atoms with Crippen molar-refractivity contribution in [1.29, 1.82) is 0 Å². The number of ether oxygens (including phenoxy) is 1. The zero-order chi connectivity index (χ0) is 9.94. The van der Waals surface area contributed by atoms with Crippen molar-refractivity contribution >= 4 is 0 Å². The molecular formula is C12H16O. The summed E-state index contributed by atoms with van der Waals surface area (Å²) in [6, 6.07) is 0. The highest BCUT2D eigenvalue weighted by Crippen LogP contribution is 2.01. The molecule has 0 atom stereocenters. The van der Waals surface area contributed by atoms with Crippen molar-refractivity contribution in [3.63, 3.8) is 0 Å². The molecule has 1 nitrogen and oxygen atoms in total. The van der Waals surface area contributed by atoms with Crippen LogP contribution < -0.4 is 0 Å². The molecule has 0 N–H and O–H groups in total. The van der Waals surface area contributed by atoms with Gasteiger partial charge in [-0.2, -0.15) is 0 Å². The number of hydrogen-bond acceptors (Lipinski definition) is 1. The van der Waals surface area contributed by atoms with Crippen molar-refractivity contribution in [2.24, 2.45) is 0 Å². The molecule has 0 heterocycles. The molecule has 0 aliphatic rings. The van der Waals surface area contributed by atoms with Crippen LogP contribution in [-0.4, -0.2) is 6.61 Å². The summed E-state index contributed by atoms with van der Waals surface area (Å²) in [5.74, 6) is 8.70. The minimum absolute atomic E-state index is 0.628. The Morgan fingerprint density at radius 3 is 2.69 bits per heavy atom. The van der Waals surface area contributed by atoms with E-state index in [2.05, 4.69) is 30.8 Å². The molecule has 0 rings (SSSR count). The second-order valence-electron chi connectivity index (χ2n) is 2.47. The largest absolute Gasteiger partial charge is 0.447 e. The quantitative estimate of drug-likeness (QED) is 0.601. The summed E-state index contributed by atoms with van der Waals surface area (Å²) in [6.45, 7) is 6.50. The zero-order valence-electron chi connectivity index (χ0n) is 8.61. The highest BCUT2D eigenvalue weighted by Gasteiger charge is 1.87. The van der Waals surface area contributed by atoms with Crippen LogP contribution >= 0.6 is 0 Å². The summed E-state index contributed by atoms with van der Waals surface area (Å²) >= 11 is 0. The van der Waals surface area contributed by atoms with Gasteiger partial charge in [-0.3, -0.25) is 0 Å². The van der Waals surface area contributed by atoms with Crippen LogP contribution in [0.3, 0.4) is 0 Å². The molecule has 0 aliphatic carbocycles. The van der Waals surface area contributed by atoms with Gasteiger partial charge in [-0.05, 0) is 26.2 Å². The van der Waals surface area contributed by atoms with E-state index in [9.17, 15) is 0 Å². The third kappa shape index (κ3) is 7.04. The first-order chi connectivity index (χ1) is 6.35. The van der Waals surface area contributed by atoms with Gasteiger partial charge in [-0.25, -0.2) is 0 Å². The van der Waals surface area contributed by atoms with E-state index in [1.165, 1.54) is 0 Å². The van der Waals surface area contributed by atoms with Gasteiger partial charge in [0, 0.05) is 11.6 Å². The van der Waals surface area contributed by atoms with Gasteiger partial charge in [0.1, 0.15) is 6.11 Å². The van der Waals surface area contributed by atoms with Gasteiger partial charge in [0.2, 0.25) is 0 Å². The van der Waals surface area contributed by atoms with Crippen LogP contribution in [0.1, 0.15) is 33.6 Å². The van der Waals surface area contributed by atoms with Crippen molar-refractivity contribution in [3.8, 4) is 23.9 Å². The fourth-order valence-electron chi connectivity index (χ4n) is 0.831. The van der Waals surface area contributed by atoms with E-state index in [1.807, 2.05) is 19.9 Å². The highest BCUT2D eigenvalue weighted by atomic mass is 16.5. The Morgan fingerprint density at radius 1 is 1.38 bits per heavy atom. The maximum Gasteiger partial charge on any atom is 0.115 e. The van der Waals surface area contributed by atoms with Gasteiger partial charge >= 0.3 is 0 Å². The van der Waals surface area contributed by atoms with Gasteiger partial charge < -0.3 is 4.74 Å². The molecule has 0 aromatic rings. The van der Waals surface area contributed by atoms with E-state index in [0.29, 0.717) is 6.61 Å². The Labute approximate surface area is 81.2 Å². The fourth-order valence-corrected chi connectivity index (χ4v) is 0.831. The van der Waals surface area contributed by atoms with Crippen molar-refractivity contribution in [2.45, 2.75) is 33.6 Å². The lowest BCUT2D eigenvalue weighted by Crippen LogP contribution is -1.79. The Morgan fingerprint density at radius 2 is 2.15 bits per heavy atom. The summed E-state index contributed by atoms with van der Waals surface area (Å²) < 4.78 is 4.89. The van der Waals surface area contributed by atoms with E-state index in [-0.39, 0.29) is 0 Å². The van der Waals surface area contributed by atoms with E-state index in [0.717, 1.165) is 18.4 Å². The van der Waals surface area contributed by atoms with E-state index in [4.69, 9.17) is 4.74 Å². The van der Waals surface area contributed by atoms with Crippen LogP contribution in [0.15, 0.2) is 11.6 Å². The second-order valence-corrected chi connectivity index (χ2v) is 2.47. The molecule has 0 spiro atoms. The molecule has 70 valence electrons. The topological polar surface area (TPSA) is 9.23 Å². The fraction of sp³-hybridized carbons (Fsp3) is 0.500. The van der Waals surface area contributed by atoms with Crippen molar-refractivity contribution in [3.05, 3.63) is 11.6 Å². The molecular weight excluding hydrogens is 160 g/mol. The lowest BCUT2D eigenvalue weighted by Gasteiger charge is -1.91. The average Bonchev–Trinajstić information content (AvgIpc) is 2.13. The molecule has 0 aromatic carbocycles. The third-order valence-electron chi connectivity index (χ3n) is 1.33. The van der Waals surface area contributed by atoms with Crippen LogP contribution in [-0.2, 0) is 4.74 Å². The molecule has 0 bridgehead atoms. The first-order valence-electron chi connectivity index (χ1n) is 4.59. The average molecular weight is 176 g/mol. The Bertz CT molecular complexity index is 265. The molecule has 13 heavy (non-hydrogen) atoms. The van der Waals surface area contributed by atoms with Crippen molar-refractivity contribution < 1.29 is 4.74 Å².